The highest BCUT2D eigenvalue weighted by atomic mass is 16.1. The second-order valence-corrected chi connectivity index (χ2v) is 6.49. The molecule has 1 heterocycles. The van der Waals surface area contributed by atoms with Gasteiger partial charge >= 0.3 is 0 Å². The maximum atomic E-state index is 11.9. The van der Waals surface area contributed by atoms with Gasteiger partial charge in [-0.2, -0.15) is 0 Å². The van der Waals surface area contributed by atoms with Gasteiger partial charge in [-0.1, -0.05) is 13.8 Å². The highest BCUT2D eigenvalue weighted by Gasteiger charge is 2.18. The van der Waals surface area contributed by atoms with E-state index in [-0.39, 0.29) is 5.91 Å². The van der Waals surface area contributed by atoms with Gasteiger partial charge in [0, 0.05) is 13.0 Å². The molecule has 1 atom stereocenters. The molecule has 1 fully saturated rings. The van der Waals surface area contributed by atoms with Crippen LogP contribution in [-0.4, -0.2) is 44.0 Å². The van der Waals surface area contributed by atoms with Crippen molar-refractivity contribution in [2.24, 2.45) is 23.5 Å². The maximum Gasteiger partial charge on any atom is 0.220 e. The monoisotopic (exact) mass is 269 g/mol. The molecule has 19 heavy (non-hydrogen) atoms. The molecule has 1 saturated heterocycles. The van der Waals surface area contributed by atoms with Crippen LogP contribution in [0.2, 0.25) is 0 Å². The molecule has 0 aliphatic carbocycles. The number of nitrogens with one attached hydrogen (secondary N) is 1. The minimum atomic E-state index is 0.176. The Balaban J connectivity index is 2.19. The van der Waals surface area contributed by atoms with Crippen LogP contribution in [0.1, 0.15) is 39.5 Å². The lowest BCUT2D eigenvalue weighted by Crippen LogP contribution is -2.37. The minimum Gasteiger partial charge on any atom is -0.356 e. The van der Waals surface area contributed by atoms with Crippen molar-refractivity contribution in [1.82, 2.24) is 10.2 Å². The normalized spacial score (nSPS) is 19.6. The number of amides is 1. The van der Waals surface area contributed by atoms with Crippen molar-refractivity contribution in [3.8, 4) is 0 Å². The van der Waals surface area contributed by atoms with Crippen LogP contribution in [0.15, 0.2) is 0 Å². The first kappa shape index (κ1) is 16.4. The first-order valence-electron chi connectivity index (χ1n) is 7.66. The molecule has 1 aliphatic rings. The summed E-state index contributed by atoms with van der Waals surface area (Å²) >= 11 is 0. The van der Waals surface area contributed by atoms with Gasteiger partial charge in [0.2, 0.25) is 5.91 Å². The van der Waals surface area contributed by atoms with E-state index in [0.717, 1.165) is 26.1 Å². The summed E-state index contributed by atoms with van der Waals surface area (Å²) < 4.78 is 0. The Bertz CT molecular complexity index is 260. The van der Waals surface area contributed by atoms with Crippen molar-refractivity contribution in [1.29, 1.82) is 0 Å². The Morgan fingerprint density at radius 1 is 1.37 bits per heavy atom. The van der Waals surface area contributed by atoms with Crippen LogP contribution in [0, 0.1) is 17.8 Å². The zero-order chi connectivity index (χ0) is 14.3. The molecule has 0 saturated carbocycles. The highest BCUT2D eigenvalue weighted by molar-refractivity contribution is 5.76. The quantitative estimate of drug-likeness (QED) is 0.735. The average molecular weight is 269 g/mol. The van der Waals surface area contributed by atoms with Crippen LogP contribution in [0.25, 0.3) is 0 Å². The van der Waals surface area contributed by atoms with Gasteiger partial charge in [0.1, 0.15) is 0 Å². The number of nitrogens with two attached hydrogens (primary N) is 1. The fourth-order valence-electron chi connectivity index (χ4n) is 2.79. The summed E-state index contributed by atoms with van der Waals surface area (Å²) in [5.41, 5.74) is 5.74. The lowest BCUT2D eigenvalue weighted by molar-refractivity contribution is -0.122. The molecule has 4 heteroatoms. The fraction of sp³-hybridized carbons (Fsp3) is 0.933. The summed E-state index contributed by atoms with van der Waals surface area (Å²) in [4.78, 5) is 14.3. The number of nitrogens with zero attached hydrogens (tertiary/aromatic N) is 1. The third kappa shape index (κ3) is 6.92. The highest BCUT2D eigenvalue weighted by Crippen LogP contribution is 2.16. The van der Waals surface area contributed by atoms with E-state index >= 15 is 0 Å². The molecule has 0 spiro atoms. The number of likely N-dealkylation sites (tertiary alicyclic amines) is 1. The van der Waals surface area contributed by atoms with Crippen molar-refractivity contribution in [3.05, 3.63) is 0 Å². The second kappa shape index (κ2) is 8.54. The number of hydrogen-bond donors (Lipinski definition) is 2. The zero-order valence-electron chi connectivity index (χ0n) is 12.8. The molecule has 0 aromatic rings. The predicted octanol–water partition coefficient (Wildman–Crippen LogP) is 1.46. The number of hydrogen-bond acceptors (Lipinski definition) is 3. The van der Waals surface area contributed by atoms with E-state index in [9.17, 15) is 4.79 Å². The molecule has 0 bridgehead atoms. The number of carbonyl (C=O) groups excluding carboxylic acids is 1. The van der Waals surface area contributed by atoms with Crippen LogP contribution in [0.3, 0.4) is 0 Å². The van der Waals surface area contributed by atoms with E-state index in [1.807, 2.05) is 0 Å². The average Bonchev–Trinajstić information content (AvgIpc) is 2.36. The Morgan fingerprint density at radius 3 is 2.53 bits per heavy atom. The van der Waals surface area contributed by atoms with Gasteiger partial charge in [0.05, 0.1) is 0 Å². The second-order valence-electron chi connectivity index (χ2n) is 6.49. The topological polar surface area (TPSA) is 58.4 Å². The summed E-state index contributed by atoms with van der Waals surface area (Å²) in [6.07, 6.45) is 4.02. The van der Waals surface area contributed by atoms with Crippen molar-refractivity contribution in [3.63, 3.8) is 0 Å². The van der Waals surface area contributed by atoms with Crippen LogP contribution in [0.4, 0.5) is 0 Å². The largest absolute Gasteiger partial charge is 0.356 e. The lowest BCUT2D eigenvalue weighted by atomic mass is 9.93. The Labute approximate surface area is 118 Å². The Kier molecular flexibility index (Phi) is 7.39. The van der Waals surface area contributed by atoms with E-state index in [2.05, 4.69) is 31.1 Å². The van der Waals surface area contributed by atoms with Gasteiger partial charge in [0.15, 0.2) is 0 Å². The van der Waals surface area contributed by atoms with Crippen LogP contribution >= 0.6 is 0 Å². The van der Waals surface area contributed by atoms with Gasteiger partial charge in [-0.25, -0.2) is 0 Å². The minimum absolute atomic E-state index is 0.176. The van der Waals surface area contributed by atoms with E-state index < -0.39 is 0 Å². The number of carbonyl (C=O) groups is 1. The summed E-state index contributed by atoms with van der Waals surface area (Å²) in [7, 11) is 2.16. The standard InChI is InChI=1S/C15H31N3O/c1-12(2)8-14(10-16)9-15(19)17-11-13-4-6-18(3)7-5-13/h12-14H,4-11,16H2,1-3H3,(H,17,19)/t14-/m0/s1. The van der Waals surface area contributed by atoms with Crippen molar-refractivity contribution in [2.45, 2.75) is 39.5 Å². The summed E-state index contributed by atoms with van der Waals surface area (Å²) in [5, 5.41) is 3.09. The first-order chi connectivity index (χ1) is 9.01. The fourth-order valence-corrected chi connectivity index (χ4v) is 2.79. The molecule has 0 radical (unpaired) electrons. The molecule has 4 nitrogen and oxygen atoms in total. The smallest absolute Gasteiger partial charge is 0.220 e. The van der Waals surface area contributed by atoms with Gasteiger partial charge in [-0.3, -0.25) is 4.79 Å². The van der Waals surface area contributed by atoms with Crippen molar-refractivity contribution < 1.29 is 4.79 Å². The molecule has 1 aliphatic heterocycles. The molecule has 112 valence electrons. The van der Waals surface area contributed by atoms with E-state index in [1.54, 1.807) is 0 Å². The molecule has 0 aromatic heterocycles. The van der Waals surface area contributed by atoms with Crippen LogP contribution in [0.5, 0.6) is 0 Å². The zero-order valence-corrected chi connectivity index (χ0v) is 12.8. The number of piperidine rings is 1. The van der Waals surface area contributed by atoms with E-state index in [4.69, 9.17) is 5.73 Å². The molecular formula is C15H31N3O. The van der Waals surface area contributed by atoms with Crippen LogP contribution < -0.4 is 11.1 Å². The molecule has 3 N–H and O–H groups in total. The summed E-state index contributed by atoms with van der Waals surface area (Å²) in [5.74, 6) is 1.77. The molecule has 1 rings (SSSR count). The lowest BCUT2D eigenvalue weighted by Gasteiger charge is -2.29. The van der Waals surface area contributed by atoms with Gasteiger partial charge in [-0.05, 0) is 63.7 Å². The molecule has 1 amide bonds. The first-order valence-corrected chi connectivity index (χ1v) is 7.66. The Hall–Kier alpha value is -0.610. The summed E-state index contributed by atoms with van der Waals surface area (Å²) in [6, 6.07) is 0. The Morgan fingerprint density at radius 2 is 2.00 bits per heavy atom. The van der Waals surface area contributed by atoms with Gasteiger partial charge < -0.3 is 16.0 Å². The third-order valence-corrected chi connectivity index (χ3v) is 4.04. The van der Waals surface area contributed by atoms with Crippen molar-refractivity contribution in [2.75, 3.05) is 33.2 Å². The third-order valence-electron chi connectivity index (χ3n) is 4.04. The summed E-state index contributed by atoms with van der Waals surface area (Å²) in [6.45, 7) is 8.11. The predicted molar refractivity (Wildman–Crippen MR) is 79.8 cm³/mol. The van der Waals surface area contributed by atoms with Gasteiger partial charge in [-0.15, -0.1) is 0 Å². The van der Waals surface area contributed by atoms with E-state index in [0.29, 0.717) is 30.7 Å². The van der Waals surface area contributed by atoms with Gasteiger partial charge in [0.25, 0.3) is 0 Å². The molecule has 0 aromatic carbocycles. The van der Waals surface area contributed by atoms with Crippen LogP contribution in [-0.2, 0) is 4.79 Å². The maximum absolute atomic E-state index is 11.9. The number of rotatable bonds is 7. The van der Waals surface area contributed by atoms with E-state index in [1.165, 1.54) is 12.8 Å². The molecule has 0 unspecified atom stereocenters. The SMILES string of the molecule is CC(C)C[C@H](CN)CC(=O)NCC1CCN(C)CC1. The molecular weight excluding hydrogens is 238 g/mol. The van der Waals surface area contributed by atoms with Crippen molar-refractivity contribution >= 4 is 5.91 Å².